The SMILES string of the molecule is CCSc1ccccc1-c1nc2cc(C)ccc2o1. The minimum Gasteiger partial charge on any atom is -0.436 e. The molecule has 3 rings (SSSR count). The molecule has 2 nitrogen and oxygen atoms in total. The van der Waals surface area contributed by atoms with Gasteiger partial charge in [0.1, 0.15) is 5.52 Å². The van der Waals surface area contributed by atoms with E-state index in [1.807, 2.05) is 36.0 Å². The molecule has 0 saturated carbocycles. The van der Waals surface area contributed by atoms with E-state index in [1.165, 1.54) is 10.5 Å². The second kappa shape index (κ2) is 5.10. The number of benzene rings is 2. The van der Waals surface area contributed by atoms with Gasteiger partial charge >= 0.3 is 0 Å². The van der Waals surface area contributed by atoms with Crippen molar-refractivity contribution in [2.24, 2.45) is 0 Å². The number of thioether (sulfide) groups is 1. The normalized spacial score (nSPS) is 11.1. The van der Waals surface area contributed by atoms with Crippen LogP contribution in [-0.2, 0) is 0 Å². The Bertz CT molecular complexity index is 718. The smallest absolute Gasteiger partial charge is 0.228 e. The van der Waals surface area contributed by atoms with Gasteiger partial charge < -0.3 is 4.42 Å². The number of fused-ring (bicyclic) bond motifs is 1. The van der Waals surface area contributed by atoms with Gasteiger partial charge in [-0.25, -0.2) is 4.98 Å². The quantitative estimate of drug-likeness (QED) is 0.631. The van der Waals surface area contributed by atoms with Crippen LogP contribution < -0.4 is 0 Å². The number of hydrogen-bond donors (Lipinski definition) is 0. The summed E-state index contributed by atoms with van der Waals surface area (Å²) in [6.45, 7) is 4.21. The molecule has 19 heavy (non-hydrogen) atoms. The molecular weight excluding hydrogens is 254 g/mol. The van der Waals surface area contributed by atoms with Crippen molar-refractivity contribution < 1.29 is 4.42 Å². The standard InChI is InChI=1S/C16H15NOS/c1-3-19-15-7-5-4-6-12(15)16-17-13-10-11(2)8-9-14(13)18-16/h4-10H,3H2,1-2H3. The van der Waals surface area contributed by atoms with Gasteiger partial charge in [0.15, 0.2) is 5.58 Å². The predicted octanol–water partition coefficient (Wildman–Crippen LogP) is 4.92. The summed E-state index contributed by atoms with van der Waals surface area (Å²) in [6.07, 6.45) is 0. The van der Waals surface area contributed by atoms with E-state index in [4.69, 9.17) is 4.42 Å². The van der Waals surface area contributed by atoms with E-state index in [1.54, 1.807) is 0 Å². The van der Waals surface area contributed by atoms with Crippen molar-refractivity contribution in [3.8, 4) is 11.5 Å². The third kappa shape index (κ3) is 2.38. The molecule has 0 amide bonds. The maximum absolute atomic E-state index is 5.87. The van der Waals surface area contributed by atoms with Gasteiger partial charge in [0.2, 0.25) is 5.89 Å². The number of hydrogen-bond acceptors (Lipinski definition) is 3. The average molecular weight is 269 g/mol. The minimum atomic E-state index is 0.706. The Hall–Kier alpha value is -1.74. The fourth-order valence-corrected chi connectivity index (χ4v) is 2.87. The Morgan fingerprint density at radius 3 is 2.84 bits per heavy atom. The van der Waals surface area contributed by atoms with Crippen LogP contribution in [0.2, 0.25) is 0 Å². The van der Waals surface area contributed by atoms with Gasteiger partial charge in [0.25, 0.3) is 0 Å². The Morgan fingerprint density at radius 1 is 1.16 bits per heavy atom. The fraction of sp³-hybridized carbons (Fsp3) is 0.188. The van der Waals surface area contributed by atoms with Crippen molar-refractivity contribution in [1.29, 1.82) is 0 Å². The van der Waals surface area contributed by atoms with Gasteiger partial charge in [0, 0.05) is 4.90 Å². The Kier molecular flexibility index (Phi) is 3.30. The van der Waals surface area contributed by atoms with Crippen LogP contribution in [0.15, 0.2) is 51.8 Å². The third-order valence-electron chi connectivity index (χ3n) is 2.96. The lowest BCUT2D eigenvalue weighted by atomic mass is 10.2. The number of rotatable bonds is 3. The second-order valence-electron chi connectivity index (χ2n) is 4.42. The molecule has 0 aliphatic heterocycles. The van der Waals surface area contributed by atoms with Crippen molar-refractivity contribution in [2.75, 3.05) is 5.75 Å². The Morgan fingerprint density at radius 2 is 2.00 bits per heavy atom. The van der Waals surface area contributed by atoms with E-state index in [-0.39, 0.29) is 0 Å². The second-order valence-corrected chi connectivity index (χ2v) is 5.73. The first-order chi connectivity index (χ1) is 9.28. The lowest BCUT2D eigenvalue weighted by molar-refractivity contribution is 0.618. The summed E-state index contributed by atoms with van der Waals surface area (Å²) in [5.41, 5.74) is 4.04. The maximum Gasteiger partial charge on any atom is 0.228 e. The molecule has 0 N–H and O–H groups in total. The third-order valence-corrected chi connectivity index (χ3v) is 3.92. The summed E-state index contributed by atoms with van der Waals surface area (Å²) in [5.74, 6) is 1.74. The molecule has 3 heteroatoms. The van der Waals surface area contributed by atoms with Crippen LogP contribution in [-0.4, -0.2) is 10.7 Å². The minimum absolute atomic E-state index is 0.706. The molecule has 0 radical (unpaired) electrons. The highest BCUT2D eigenvalue weighted by Gasteiger charge is 2.11. The fourth-order valence-electron chi connectivity index (χ4n) is 2.08. The summed E-state index contributed by atoms with van der Waals surface area (Å²) in [7, 11) is 0. The number of nitrogens with zero attached hydrogens (tertiary/aromatic N) is 1. The zero-order valence-corrected chi connectivity index (χ0v) is 11.8. The maximum atomic E-state index is 5.87. The average Bonchev–Trinajstić information content (AvgIpc) is 2.82. The van der Waals surface area contributed by atoms with E-state index in [2.05, 4.69) is 37.0 Å². The molecule has 0 spiro atoms. The van der Waals surface area contributed by atoms with Gasteiger partial charge in [0.05, 0.1) is 5.56 Å². The van der Waals surface area contributed by atoms with Crippen molar-refractivity contribution in [2.45, 2.75) is 18.7 Å². The topological polar surface area (TPSA) is 26.0 Å². The van der Waals surface area contributed by atoms with Crippen molar-refractivity contribution in [3.05, 3.63) is 48.0 Å². The van der Waals surface area contributed by atoms with E-state index in [9.17, 15) is 0 Å². The van der Waals surface area contributed by atoms with Crippen LogP contribution in [0.25, 0.3) is 22.6 Å². The first-order valence-electron chi connectivity index (χ1n) is 6.37. The zero-order valence-electron chi connectivity index (χ0n) is 11.0. The summed E-state index contributed by atoms with van der Waals surface area (Å²) < 4.78 is 5.87. The largest absolute Gasteiger partial charge is 0.436 e. The van der Waals surface area contributed by atoms with Gasteiger partial charge in [-0.2, -0.15) is 0 Å². The molecule has 0 saturated heterocycles. The summed E-state index contributed by atoms with van der Waals surface area (Å²) in [4.78, 5) is 5.82. The number of aryl methyl sites for hydroxylation is 1. The van der Waals surface area contributed by atoms with E-state index >= 15 is 0 Å². The predicted molar refractivity (Wildman–Crippen MR) is 80.6 cm³/mol. The molecule has 1 aromatic heterocycles. The first kappa shape index (κ1) is 12.3. The molecule has 0 atom stereocenters. The van der Waals surface area contributed by atoms with Gasteiger partial charge in [-0.1, -0.05) is 25.1 Å². The summed E-state index contributed by atoms with van der Waals surface area (Å²) in [5, 5.41) is 0. The van der Waals surface area contributed by atoms with Crippen LogP contribution >= 0.6 is 11.8 Å². The van der Waals surface area contributed by atoms with Gasteiger partial charge in [-0.15, -0.1) is 11.8 Å². The van der Waals surface area contributed by atoms with Gasteiger partial charge in [-0.3, -0.25) is 0 Å². The Balaban J connectivity index is 2.13. The lowest BCUT2D eigenvalue weighted by Gasteiger charge is -2.03. The molecule has 1 heterocycles. The molecule has 0 aliphatic carbocycles. The molecule has 96 valence electrons. The van der Waals surface area contributed by atoms with E-state index in [0.717, 1.165) is 22.4 Å². The van der Waals surface area contributed by atoms with Gasteiger partial charge in [-0.05, 0) is 42.5 Å². The van der Waals surface area contributed by atoms with Crippen LogP contribution in [0.3, 0.4) is 0 Å². The summed E-state index contributed by atoms with van der Waals surface area (Å²) in [6, 6.07) is 14.3. The Labute approximate surface area is 116 Å². The van der Waals surface area contributed by atoms with Crippen LogP contribution in [0.4, 0.5) is 0 Å². The van der Waals surface area contributed by atoms with Crippen molar-refractivity contribution in [1.82, 2.24) is 4.98 Å². The first-order valence-corrected chi connectivity index (χ1v) is 7.36. The lowest BCUT2D eigenvalue weighted by Crippen LogP contribution is -1.82. The zero-order chi connectivity index (χ0) is 13.2. The highest BCUT2D eigenvalue weighted by molar-refractivity contribution is 7.99. The molecule has 2 aromatic carbocycles. The van der Waals surface area contributed by atoms with E-state index in [0.29, 0.717) is 5.89 Å². The van der Waals surface area contributed by atoms with Crippen LogP contribution in [0.5, 0.6) is 0 Å². The number of aromatic nitrogens is 1. The van der Waals surface area contributed by atoms with Crippen LogP contribution in [0.1, 0.15) is 12.5 Å². The molecule has 0 aliphatic rings. The summed E-state index contributed by atoms with van der Waals surface area (Å²) >= 11 is 1.81. The highest BCUT2D eigenvalue weighted by Crippen LogP contribution is 2.32. The molecule has 0 bridgehead atoms. The molecule has 3 aromatic rings. The van der Waals surface area contributed by atoms with Crippen molar-refractivity contribution in [3.63, 3.8) is 0 Å². The number of oxazole rings is 1. The van der Waals surface area contributed by atoms with E-state index < -0.39 is 0 Å². The monoisotopic (exact) mass is 269 g/mol. The van der Waals surface area contributed by atoms with Crippen LogP contribution in [0, 0.1) is 6.92 Å². The molecule has 0 unspecified atom stereocenters. The van der Waals surface area contributed by atoms with Crippen molar-refractivity contribution >= 4 is 22.9 Å². The molecule has 0 fully saturated rings. The molecular formula is C16H15NOS. The highest BCUT2D eigenvalue weighted by atomic mass is 32.2.